The van der Waals surface area contributed by atoms with Crippen LogP contribution in [0.3, 0.4) is 0 Å². The molecule has 6 nitrogen and oxygen atoms in total. The second kappa shape index (κ2) is 6.34. The molecule has 3 rings (SSSR count). The summed E-state index contributed by atoms with van der Waals surface area (Å²) in [4.78, 5) is 14.6. The molecule has 1 aliphatic rings. The number of aryl methyl sites for hydroxylation is 2. The molecule has 0 spiro atoms. The minimum absolute atomic E-state index is 0.103. The van der Waals surface area contributed by atoms with Crippen LogP contribution < -0.4 is 0 Å². The number of hydrogen-bond donors (Lipinski definition) is 1. The van der Waals surface area contributed by atoms with E-state index in [4.69, 9.17) is 0 Å². The summed E-state index contributed by atoms with van der Waals surface area (Å²) in [6, 6.07) is 0. The Kier molecular flexibility index (Phi) is 4.27. The summed E-state index contributed by atoms with van der Waals surface area (Å²) < 4.78 is 1.79. The third-order valence-corrected chi connectivity index (χ3v) is 4.44. The van der Waals surface area contributed by atoms with Crippen molar-refractivity contribution in [2.45, 2.75) is 39.7 Å². The smallest absolute Gasteiger partial charge is 0.257 e. The lowest BCUT2D eigenvalue weighted by Gasteiger charge is -2.32. The molecule has 22 heavy (non-hydrogen) atoms. The summed E-state index contributed by atoms with van der Waals surface area (Å²) in [5, 5.41) is 11.4. The molecule has 1 aliphatic heterocycles. The molecule has 0 unspecified atom stereocenters. The first-order valence-corrected chi connectivity index (χ1v) is 7.98. The molecule has 1 N–H and O–H groups in total. The highest BCUT2D eigenvalue weighted by Crippen LogP contribution is 2.22. The van der Waals surface area contributed by atoms with Gasteiger partial charge in [-0.05, 0) is 44.6 Å². The maximum atomic E-state index is 12.6. The number of nitrogens with one attached hydrogen (secondary N) is 1. The molecule has 0 aliphatic carbocycles. The van der Waals surface area contributed by atoms with Gasteiger partial charge in [-0.2, -0.15) is 10.2 Å². The van der Waals surface area contributed by atoms with E-state index < -0.39 is 0 Å². The number of likely N-dealkylation sites (tertiary alicyclic amines) is 1. The second-order valence-electron chi connectivity index (χ2n) is 6.08. The van der Waals surface area contributed by atoms with E-state index in [1.807, 2.05) is 24.2 Å². The highest BCUT2D eigenvalue weighted by Gasteiger charge is 2.26. The highest BCUT2D eigenvalue weighted by molar-refractivity contribution is 5.93. The molecular formula is C16H23N5O. The van der Waals surface area contributed by atoms with Gasteiger partial charge >= 0.3 is 0 Å². The number of carbonyl (C=O) groups is 1. The lowest BCUT2D eigenvalue weighted by atomic mass is 9.92. The molecule has 0 radical (unpaired) electrons. The monoisotopic (exact) mass is 301 g/mol. The van der Waals surface area contributed by atoms with E-state index in [9.17, 15) is 4.79 Å². The van der Waals surface area contributed by atoms with E-state index in [0.29, 0.717) is 11.5 Å². The van der Waals surface area contributed by atoms with Crippen LogP contribution in [0.2, 0.25) is 0 Å². The Balaban J connectivity index is 1.65. The molecule has 2 aromatic rings. The predicted molar refractivity (Wildman–Crippen MR) is 83.6 cm³/mol. The Hall–Kier alpha value is -2.11. The van der Waals surface area contributed by atoms with Gasteiger partial charge in [0.15, 0.2) is 0 Å². The van der Waals surface area contributed by atoms with Gasteiger partial charge in [0.25, 0.3) is 5.91 Å². The van der Waals surface area contributed by atoms with Crippen molar-refractivity contribution in [1.29, 1.82) is 0 Å². The molecule has 1 fully saturated rings. The van der Waals surface area contributed by atoms with Gasteiger partial charge in [0, 0.05) is 31.5 Å². The average molecular weight is 301 g/mol. The van der Waals surface area contributed by atoms with Crippen LogP contribution in [0.5, 0.6) is 0 Å². The van der Waals surface area contributed by atoms with E-state index in [-0.39, 0.29) is 5.91 Å². The summed E-state index contributed by atoms with van der Waals surface area (Å²) in [5.74, 6) is 0.601. The number of piperidine rings is 1. The third kappa shape index (κ3) is 3.05. The summed E-state index contributed by atoms with van der Waals surface area (Å²) in [7, 11) is 0. The highest BCUT2D eigenvalue weighted by atomic mass is 16.2. The number of nitrogens with zero attached hydrogens (tertiary/aromatic N) is 4. The largest absolute Gasteiger partial charge is 0.338 e. The fourth-order valence-electron chi connectivity index (χ4n) is 3.11. The van der Waals surface area contributed by atoms with Crippen LogP contribution in [0.4, 0.5) is 0 Å². The van der Waals surface area contributed by atoms with Crippen molar-refractivity contribution in [2.24, 2.45) is 5.92 Å². The van der Waals surface area contributed by atoms with Crippen molar-refractivity contribution in [3.8, 4) is 0 Å². The molecule has 1 atom stereocenters. The van der Waals surface area contributed by atoms with Gasteiger partial charge in [0.05, 0.1) is 18.0 Å². The Bertz CT molecular complexity index is 645. The van der Waals surface area contributed by atoms with E-state index in [1.54, 1.807) is 10.9 Å². The fraction of sp³-hybridized carbons (Fsp3) is 0.562. The topological polar surface area (TPSA) is 66.8 Å². The van der Waals surface area contributed by atoms with E-state index in [1.165, 1.54) is 11.3 Å². The zero-order chi connectivity index (χ0) is 15.5. The van der Waals surface area contributed by atoms with E-state index in [2.05, 4.69) is 22.2 Å². The SMILES string of the molecule is CCn1cc(C(=O)N2CCC[C@H](Cc3[nH]ncc3C)C2)cn1. The molecule has 0 bridgehead atoms. The molecule has 6 heteroatoms. The van der Waals surface area contributed by atoms with Crippen LogP contribution in [0.1, 0.15) is 41.4 Å². The van der Waals surface area contributed by atoms with Crippen molar-refractivity contribution >= 4 is 5.91 Å². The van der Waals surface area contributed by atoms with Gasteiger partial charge in [-0.1, -0.05) is 0 Å². The summed E-state index contributed by atoms with van der Waals surface area (Å²) in [6.07, 6.45) is 8.56. The third-order valence-electron chi connectivity index (χ3n) is 4.44. The minimum Gasteiger partial charge on any atom is -0.338 e. The Morgan fingerprint density at radius 1 is 1.45 bits per heavy atom. The quantitative estimate of drug-likeness (QED) is 0.939. The molecule has 1 amide bonds. The molecule has 118 valence electrons. The molecular weight excluding hydrogens is 278 g/mol. The predicted octanol–water partition coefficient (Wildman–Crippen LogP) is 2.03. The van der Waals surface area contributed by atoms with Crippen LogP contribution in [0.15, 0.2) is 18.6 Å². The van der Waals surface area contributed by atoms with Crippen LogP contribution in [0, 0.1) is 12.8 Å². The standard InChI is InChI=1S/C16H23N5O/c1-3-21-11-14(9-18-21)16(22)20-6-4-5-13(10-20)7-15-12(2)8-17-19-15/h8-9,11,13H,3-7,10H2,1-2H3,(H,17,19)/t13-/m1/s1. The fourth-order valence-corrected chi connectivity index (χ4v) is 3.11. The van der Waals surface area contributed by atoms with Gasteiger partial charge < -0.3 is 4.90 Å². The zero-order valence-electron chi connectivity index (χ0n) is 13.2. The number of rotatable bonds is 4. The lowest BCUT2D eigenvalue weighted by molar-refractivity contribution is 0.0672. The van der Waals surface area contributed by atoms with Crippen LogP contribution in [-0.2, 0) is 13.0 Å². The zero-order valence-corrected chi connectivity index (χ0v) is 13.2. The first kappa shape index (κ1) is 14.8. The van der Waals surface area contributed by atoms with Gasteiger partial charge in [0.2, 0.25) is 0 Å². The lowest BCUT2D eigenvalue weighted by Crippen LogP contribution is -2.40. The van der Waals surface area contributed by atoms with Crippen molar-refractivity contribution in [3.05, 3.63) is 35.4 Å². The first-order chi connectivity index (χ1) is 10.7. The molecule has 0 saturated carbocycles. The number of hydrogen-bond acceptors (Lipinski definition) is 3. The number of carbonyl (C=O) groups excluding carboxylic acids is 1. The van der Waals surface area contributed by atoms with Gasteiger partial charge in [-0.3, -0.25) is 14.6 Å². The number of aromatic nitrogens is 4. The van der Waals surface area contributed by atoms with E-state index in [0.717, 1.165) is 38.9 Å². The molecule has 2 aromatic heterocycles. The Labute approximate surface area is 130 Å². The first-order valence-electron chi connectivity index (χ1n) is 7.98. The number of H-pyrrole nitrogens is 1. The Morgan fingerprint density at radius 2 is 2.32 bits per heavy atom. The normalized spacial score (nSPS) is 18.6. The maximum absolute atomic E-state index is 12.6. The summed E-state index contributed by atoms with van der Waals surface area (Å²) >= 11 is 0. The van der Waals surface area contributed by atoms with Crippen LogP contribution in [0.25, 0.3) is 0 Å². The van der Waals surface area contributed by atoms with Gasteiger partial charge in [0.1, 0.15) is 0 Å². The van der Waals surface area contributed by atoms with Crippen molar-refractivity contribution in [2.75, 3.05) is 13.1 Å². The van der Waals surface area contributed by atoms with Gasteiger partial charge in [-0.15, -0.1) is 0 Å². The van der Waals surface area contributed by atoms with Crippen molar-refractivity contribution < 1.29 is 4.79 Å². The Morgan fingerprint density at radius 3 is 3.00 bits per heavy atom. The van der Waals surface area contributed by atoms with Crippen LogP contribution >= 0.6 is 0 Å². The average Bonchev–Trinajstić information content (AvgIpc) is 3.16. The number of aromatic amines is 1. The maximum Gasteiger partial charge on any atom is 0.257 e. The molecule has 1 saturated heterocycles. The molecule has 3 heterocycles. The summed E-state index contributed by atoms with van der Waals surface area (Å²) in [6.45, 7) is 6.53. The molecule has 0 aromatic carbocycles. The summed E-state index contributed by atoms with van der Waals surface area (Å²) in [5.41, 5.74) is 3.09. The van der Waals surface area contributed by atoms with E-state index >= 15 is 0 Å². The second-order valence-corrected chi connectivity index (χ2v) is 6.08. The number of amides is 1. The van der Waals surface area contributed by atoms with Crippen molar-refractivity contribution in [3.63, 3.8) is 0 Å². The van der Waals surface area contributed by atoms with Crippen LogP contribution in [-0.4, -0.2) is 43.9 Å². The van der Waals surface area contributed by atoms with Crippen molar-refractivity contribution in [1.82, 2.24) is 24.9 Å². The minimum atomic E-state index is 0.103. The van der Waals surface area contributed by atoms with Gasteiger partial charge in [-0.25, -0.2) is 0 Å².